The number of aliphatic hydroxyl groups is 1. The molecule has 0 bridgehead atoms. The normalized spacial score (nSPS) is 31.8. The van der Waals surface area contributed by atoms with Gasteiger partial charge in [0.1, 0.15) is 11.6 Å². The maximum absolute atomic E-state index is 14.8. The number of hydrogen-bond acceptors (Lipinski definition) is 9. The predicted octanol–water partition coefficient (Wildman–Crippen LogP) is 2.36. The summed E-state index contributed by atoms with van der Waals surface area (Å²) in [5, 5.41) is 7.51. The largest absolute Gasteiger partial charge is 0.415 e. The van der Waals surface area contributed by atoms with Gasteiger partial charge >= 0.3 is 21.3 Å². The van der Waals surface area contributed by atoms with Crippen LogP contribution in [0.1, 0.15) is 17.4 Å². The van der Waals surface area contributed by atoms with Gasteiger partial charge in [0.15, 0.2) is 0 Å². The van der Waals surface area contributed by atoms with Crippen molar-refractivity contribution in [2.45, 2.75) is 17.8 Å². The van der Waals surface area contributed by atoms with Gasteiger partial charge in [-0.2, -0.15) is 0 Å². The molecule has 184 valence electrons. The summed E-state index contributed by atoms with van der Waals surface area (Å²) in [6.45, 7) is 1.30. The van der Waals surface area contributed by atoms with E-state index in [2.05, 4.69) is 4.98 Å². The number of benzene rings is 1. The predicted molar refractivity (Wildman–Crippen MR) is 112 cm³/mol. The summed E-state index contributed by atoms with van der Waals surface area (Å²) in [5.41, 5.74) is -0.352. The number of amides is 1. The van der Waals surface area contributed by atoms with Crippen LogP contribution in [0.4, 0.5) is 9.18 Å². The Hall–Kier alpha value is -2.21. The zero-order valence-corrected chi connectivity index (χ0v) is 19.3. The van der Waals surface area contributed by atoms with Gasteiger partial charge in [-0.1, -0.05) is 6.07 Å². The van der Waals surface area contributed by atoms with Gasteiger partial charge in [-0.25, -0.2) is 9.18 Å². The Bertz CT molecular complexity index is 1140. The van der Waals surface area contributed by atoms with Crippen molar-refractivity contribution in [3.8, 4) is 5.75 Å². The zero-order chi connectivity index (χ0) is 24.6. The molecule has 0 saturated carbocycles. The lowest BCUT2D eigenvalue weighted by atomic mass is 10.2. The van der Waals surface area contributed by atoms with Gasteiger partial charge in [-0.15, -0.1) is 0 Å². The molecule has 2 fully saturated rings. The molecule has 2 aliphatic rings. The van der Waals surface area contributed by atoms with Gasteiger partial charge in [-0.05, 0) is 23.8 Å². The third-order valence-electron chi connectivity index (χ3n) is 5.25. The molecule has 2 unspecified atom stereocenters. The quantitative estimate of drug-likeness (QED) is 0.509. The second-order valence-corrected chi connectivity index (χ2v) is 11.9. The van der Waals surface area contributed by atoms with E-state index in [4.69, 9.17) is 18.5 Å². The van der Waals surface area contributed by atoms with Crippen molar-refractivity contribution in [2.24, 2.45) is 0 Å². The molecular weight excluding hydrogens is 497 g/mol. The monoisotopic (exact) mass is 518 g/mol. The van der Waals surface area contributed by atoms with Gasteiger partial charge < -0.3 is 29.3 Å². The molecule has 2 atom stereocenters. The first-order chi connectivity index (χ1) is 16.0. The van der Waals surface area contributed by atoms with Crippen LogP contribution >= 0.6 is 15.2 Å². The van der Waals surface area contributed by atoms with Crippen LogP contribution in [0.15, 0.2) is 42.7 Å². The molecule has 15 heteroatoms. The number of rotatable bonds is 4. The Kier molecular flexibility index (Phi) is 6.92. The summed E-state index contributed by atoms with van der Waals surface area (Å²) in [6.07, 6.45) is -0.973. The van der Waals surface area contributed by atoms with Gasteiger partial charge in [0.05, 0.1) is 13.2 Å². The van der Waals surface area contributed by atoms with E-state index in [-0.39, 0.29) is 11.3 Å². The number of nitrogens with zero attached hydrogens (tertiary/aromatic N) is 2. The standard InChI is InChI=1S/C19H21FN2O10P2/c20-16-10-14(30-18(23)22-6-8-29-9-7-22)3-4-15(16)17-31-33(25,26)19(24,34(27,28)32-17)11-13-2-1-5-21-12-13/h1-5,10,12,17,24H,6-9,11H2,(H,25,26)(H,27,28). The van der Waals surface area contributed by atoms with Gasteiger partial charge in [0, 0.05) is 43.5 Å². The average Bonchev–Trinajstić information content (AvgIpc) is 2.78. The van der Waals surface area contributed by atoms with Gasteiger partial charge in [0.25, 0.3) is 5.08 Å². The van der Waals surface area contributed by atoms with E-state index >= 15 is 0 Å². The zero-order valence-electron chi connectivity index (χ0n) is 17.5. The van der Waals surface area contributed by atoms with E-state index in [1.165, 1.54) is 29.4 Å². The fourth-order valence-electron chi connectivity index (χ4n) is 3.37. The molecular formula is C19H21FN2O10P2. The Morgan fingerprint density at radius 1 is 1.21 bits per heavy atom. The summed E-state index contributed by atoms with van der Waals surface area (Å²) in [5.74, 6) is -1.28. The smallest absolute Gasteiger partial charge is 0.410 e. The van der Waals surface area contributed by atoms with E-state index in [9.17, 15) is 33.2 Å². The lowest BCUT2D eigenvalue weighted by molar-refractivity contribution is -0.0596. The fraction of sp³-hybridized carbons (Fsp3) is 0.368. The third-order valence-corrected chi connectivity index (χ3v) is 9.84. The SMILES string of the molecule is O=C(Oc1ccc(C2OP(=O)(O)C(O)(Cc3cccnc3)P(=O)(O)O2)c(F)c1)N1CCOCC1. The minimum Gasteiger partial charge on any atom is -0.410 e. The summed E-state index contributed by atoms with van der Waals surface area (Å²) >= 11 is 0. The van der Waals surface area contributed by atoms with Crippen LogP contribution in [0.2, 0.25) is 0 Å². The van der Waals surface area contributed by atoms with E-state index in [1.54, 1.807) is 0 Å². The molecule has 1 aromatic heterocycles. The van der Waals surface area contributed by atoms with Crippen LogP contribution in [0.3, 0.4) is 0 Å². The number of morpholine rings is 1. The highest BCUT2D eigenvalue weighted by molar-refractivity contribution is 7.73. The summed E-state index contributed by atoms with van der Waals surface area (Å²) in [4.78, 5) is 38.1. The van der Waals surface area contributed by atoms with Crippen LogP contribution in [0.5, 0.6) is 5.75 Å². The molecule has 2 aromatic rings. The van der Waals surface area contributed by atoms with E-state index in [0.717, 1.165) is 18.2 Å². The highest BCUT2D eigenvalue weighted by Gasteiger charge is 2.67. The topological polar surface area (TPSA) is 165 Å². The highest BCUT2D eigenvalue weighted by atomic mass is 31.2. The van der Waals surface area contributed by atoms with Crippen molar-refractivity contribution >= 4 is 21.3 Å². The molecule has 12 nitrogen and oxygen atoms in total. The van der Waals surface area contributed by atoms with Crippen molar-refractivity contribution in [3.05, 3.63) is 59.7 Å². The maximum atomic E-state index is 14.8. The highest BCUT2D eigenvalue weighted by Crippen LogP contribution is 2.79. The number of ether oxygens (including phenoxy) is 2. The third kappa shape index (κ3) is 4.79. The van der Waals surface area contributed by atoms with Crippen LogP contribution in [0.25, 0.3) is 0 Å². The molecule has 2 saturated heterocycles. The average molecular weight is 518 g/mol. The second-order valence-electron chi connectivity index (χ2n) is 7.55. The van der Waals surface area contributed by atoms with E-state index < -0.39 is 50.5 Å². The van der Waals surface area contributed by atoms with Crippen LogP contribution in [-0.4, -0.2) is 62.3 Å². The minimum absolute atomic E-state index is 0.164. The van der Waals surface area contributed by atoms with Gasteiger partial charge in [0.2, 0.25) is 6.29 Å². The summed E-state index contributed by atoms with van der Waals surface area (Å²) in [6, 6.07) is 5.83. The van der Waals surface area contributed by atoms with Gasteiger partial charge in [-0.3, -0.25) is 23.2 Å². The second kappa shape index (κ2) is 9.44. The molecule has 1 aromatic carbocycles. The van der Waals surface area contributed by atoms with Crippen LogP contribution < -0.4 is 4.74 Å². The molecule has 34 heavy (non-hydrogen) atoms. The van der Waals surface area contributed by atoms with Crippen molar-refractivity contribution in [2.75, 3.05) is 26.3 Å². The number of pyridine rings is 1. The van der Waals surface area contributed by atoms with Crippen LogP contribution in [0, 0.1) is 5.82 Å². The van der Waals surface area contributed by atoms with Crippen LogP contribution in [-0.2, 0) is 29.3 Å². The Labute approximate surface area is 192 Å². The molecule has 4 rings (SSSR count). The molecule has 0 aliphatic carbocycles. The summed E-state index contributed by atoms with van der Waals surface area (Å²) < 4.78 is 60.5. The first-order valence-electron chi connectivity index (χ1n) is 10.0. The number of halogens is 1. The lowest BCUT2D eigenvalue weighted by Gasteiger charge is -2.41. The summed E-state index contributed by atoms with van der Waals surface area (Å²) in [7, 11) is -10.5. The van der Waals surface area contributed by atoms with E-state index in [0.29, 0.717) is 26.3 Å². The fourth-order valence-corrected chi connectivity index (χ4v) is 6.93. The lowest BCUT2D eigenvalue weighted by Crippen LogP contribution is -2.42. The minimum atomic E-state index is -5.27. The Morgan fingerprint density at radius 2 is 1.88 bits per heavy atom. The van der Waals surface area contributed by atoms with Crippen molar-refractivity contribution < 1.29 is 51.7 Å². The number of hydrogen-bond donors (Lipinski definition) is 3. The number of carbonyl (C=O) groups excluding carboxylic acids is 1. The first-order valence-corrected chi connectivity index (χ1v) is 13.2. The number of aromatic nitrogens is 1. The Balaban J connectivity index is 1.53. The van der Waals surface area contributed by atoms with Crippen molar-refractivity contribution in [1.29, 1.82) is 0 Å². The van der Waals surface area contributed by atoms with Crippen molar-refractivity contribution in [1.82, 2.24) is 9.88 Å². The first kappa shape index (κ1) is 24.9. The van der Waals surface area contributed by atoms with E-state index in [1.807, 2.05) is 0 Å². The van der Waals surface area contributed by atoms with Crippen molar-refractivity contribution in [3.63, 3.8) is 0 Å². The molecule has 3 N–H and O–H groups in total. The maximum Gasteiger partial charge on any atom is 0.415 e. The Morgan fingerprint density at radius 3 is 2.47 bits per heavy atom. The molecule has 0 spiro atoms. The molecule has 3 heterocycles. The molecule has 2 aliphatic heterocycles. The molecule has 1 amide bonds. The number of carbonyl (C=O) groups is 1. The molecule has 0 radical (unpaired) electrons.